The normalized spacial score (nSPS) is 15.8. The van der Waals surface area contributed by atoms with Gasteiger partial charge in [0.15, 0.2) is 11.5 Å². The Hall–Kier alpha value is -1.56. The quantitative estimate of drug-likeness (QED) is 0.896. The first-order valence-corrected chi connectivity index (χ1v) is 6.98. The zero-order chi connectivity index (χ0) is 13.0. The molecule has 1 unspecified atom stereocenters. The summed E-state index contributed by atoms with van der Waals surface area (Å²) in [6.45, 7) is 1.17. The van der Waals surface area contributed by atoms with E-state index in [4.69, 9.17) is 14.6 Å². The maximum atomic E-state index is 11.9. The molecule has 0 saturated carbocycles. The van der Waals surface area contributed by atoms with E-state index in [2.05, 4.69) is 0 Å². The molecule has 98 valence electrons. The van der Waals surface area contributed by atoms with Gasteiger partial charge in [-0.05, 0) is 12.1 Å². The molecule has 1 aromatic carbocycles. The summed E-state index contributed by atoms with van der Waals surface area (Å²) in [6, 6.07) is 5.07. The van der Waals surface area contributed by atoms with E-state index in [9.17, 15) is 9.00 Å². The monoisotopic (exact) mass is 270 g/mol. The van der Waals surface area contributed by atoms with Crippen LogP contribution >= 0.6 is 0 Å². The molecule has 0 bridgehead atoms. The van der Waals surface area contributed by atoms with Gasteiger partial charge in [-0.3, -0.25) is 9.00 Å². The Labute approximate surface area is 107 Å². The molecule has 1 heterocycles. The van der Waals surface area contributed by atoms with Crippen molar-refractivity contribution in [3.63, 3.8) is 0 Å². The highest BCUT2D eigenvalue weighted by molar-refractivity contribution is 7.85. The molecular formula is C12H14O5S. The molecule has 0 aromatic heterocycles. The minimum atomic E-state index is -1.32. The second kappa shape index (κ2) is 5.86. The van der Waals surface area contributed by atoms with Gasteiger partial charge in [0, 0.05) is 23.1 Å². The predicted octanol–water partition coefficient (Wildman–Crippen LogP) is 1.43. The van der Waals surface area contributed by atoms with Gasteiger partial charge >= 0.3 is 5.97 Å². The number of carbonyl (C=O) groups is 1. The molecule has 1 aliphatic heterocycles. The Morgan fingerprint density at radius 3 is 2.72 bits per heavy atom. The molecular weight excluding hydrogens is 256 g/mol. The molecule has 1 aliphatic rings. The molecule has 18 heavy (non-hydrogen) atoms. The van der Waals surface area contributed by atoms with Crippen LogP contribution in [0.2, 0.25) is 0 Å². The molecule has 5 nitrogen and oxygen atoms in total. The van der Waals surface area contributed by atoms with Crippen molar-refractivity contribution >= 4 is 16.8 Å². The first kappa shape index (κ1) is 12.9. The summed E-state index contributed by atoms with van der Waals surface area (Å²) < 4.78 is 22.8. The topological polar surface area (TPSA) is 72.8 Å². The summed E-state index contributed by atoms with van der Waals surface area (Å²) in [5, 5.41) is 8.56. The molecule has 0 aliphatic carbocycles. The number of aliphatic carboxylic acids is 1. The zero-order valence-electron chi connectivity index (χ0n) is 9.76. The van der Waals surface area contributed by atoms with E-state index in [1.165, 1.54) is 0 Å². The number of ether oxygens (including phenoxy) is 2. The largest absolute Gasteiger partial charge is 0.490 e. The Bertz CT molecular complexity index is 472. The number of benzene rings is 1. The first-order valence-electron chi connectivity index (χ1n) is 5.66. The average molecular weight is 270 g/mol. The van der Waals surface area contributed by atoms with Gasteiger partial charge in [-0.15, -0.1) is 0 Å². The number of fused-ring (bicyclic) bond motifs is 1. The third-order valence-corrected chi connectivity index (χ3v) is 3.84. The lowest BCUT2D eigenvalue weighted by Crippen LogP contribution is -2.05. The van der Waals surface area contributed by atoms with Gasteiger partial charge in [0.2, 0.25) is 0 Å². The van der Waals surface area contributed by atoms with E-state index >= 15 is 0 Å². The molecule has 1 atom stereocenters. The number of rotatable bonds is 4. The first-order chi connectivity index (χ1) is 8.66. The number of carboxylic acids is 1. The van der Waals surface area contributed by atoms with Crippen molar-refractivity contribution in [2.45, 2.75) is 17.7 Å². The van der Waals surface area contributed by atoms with Crippen LogP contribution in [0.5, 0.6) is 11.5 Å². The van der Waals surface area contributed by atoms with Crippen LogP contribution in [0.15, 0.2) is 23.1 Å². The number of hydrogen-bond donors (Lipinski definition) is 1. The lowest BCUT2D eigenvalue weighted by Gasteiger charge is -2.08. The Balaban J connectivity index is 2.12. The van der Waals surface area contributed by atoms with Crippen LogP contribution in [0, 0.1) is 0 Å². The van der Waals surface area contributed by atoms with Crippen LogP contribution < -0.4 is 9.47 Å². The molecule has 2 rings (SSSR count). The minimum absolute atomic E-state index is 0.106. The van der Waals surface area contributed by atoms with Crippen molar-refractivity contribution in [1.82, 2.24) is 0 Å². The third-order valence-electron chi connectivity index (χ3n) is 2.48. The summed E-state index contributed by atoms with van der Waals surface area (Å²) in [5.41, 5.74) is 0. The van der Waals surface area contributed by atoms with Crippen LogP contribution in [0.4, 0.5) is 0 Å². The van der Waals surface area contributed by atoms with E-state index in [0.717, 1.165) is 6.42 Å². The lowest BCUT2D eigenvalue weighted by molar-refractivity contribution is -0.136. The fourth-order valence-electron chi connectivity index (χ4n) is 1.58. The number of hydrogen-bond acceptors (Lipinski definition) is 4. The molecule has 0 amide bonds. The summed E-state index contributed by atoms with van der Waals surface area (Å²) >= 11 is 0. The van der Waals surface area contributed by atoms with Crippen molar-refractivity contribution in [1.29, 1.82) is 0 Å². The van der Waals surface area contributed by atoms with Crippen molar-refractivity contribution in [3.05, 3.63) is 18.2 Å². The van der Waals surface area contributed by atoms with Crippen molar-refractivity contribution in [3.8, 4) is 11.5 Å². The highest BCUT2D eigenvalue weighted by Gasteiger charge is 2.14. The van der Waals surface area contributed by atoms with Crippen LogP contribution in [0.25, 0.3) is 0 Å². The molecule has 0 spiro atoms. The van der Waals surface area contributed by atoms with Crippen LogP contribution in [0.1, 0.15) is 12.8 Å². The average Bonchev–Trinajstić information content (AvgIpc) is 2.60. The smallest absolute Gasteiger partial charge is 0.304 e. The van der Waals surface area contributed by atoms with Gasteiger partial charge in [0.1, 0.15) is 0 Å². The van der Waals surface area contributed by atoms with E-state index in [1.807, 2.05) is 0 Å². The SMILES string of the molecule is O=C(O)CCS(=O)c1ccc2c(c1)OCCCO2. The van der Waals surface area contributed by atoms with Crippen LogP contribution in [0.3, 0.4) is 0 Å². The van der Waals surface area contributed by atoms with Gasteiger partial charge in [-0.1, -0.05) is 0 Å². The maximum Gasteiger partial charge on any atom is 0.304 e. The van der Waals surface area contributed by atoms with Gasteiger partial charge < -0.3 is 14.6 Å². The van der Waals surface area contributed by atoms with Gasteiger partial charge in [-0.2, -0.15) is 0 Å². The fourth-order valence-corrected chi connectivity index (χ4v) is 2.64. The Morgan fingerprint density at radius 1 is 1.28 bits per heavy atom. The number of carboxylic acid groups (broad SMARTS) is 1. The Kier molecular flexibility index (Phi) is 4.19. The summed E-state index contributed by atoms with van der Waals surface area (Å²) in [4.78, 5) is 11.0. The van der Waals surface area contributed by atoms with E-state index < -0.39 is 16.8 Å². The minimum Gasteiger partial charge on any atom is -0.490 e. The van der Waals surface area contributed by atoms with E-state index in [0.29, 0.717) is 29.6 Å². The second-order valence-electron chi connectivity index (χ2n) is 3.85. The van der Waals surface area contributed by atoms with E-state index in [-0.39, 0.29) is 12.2 Å². The predicted molar refractivity (Wildman–Crippen MR) is 65.6 cm³/mol. The third kappa shape index (κ3) is 3.22. The standard InChI is InChI=1S/C12H14O5S/c13-12(14)4-7-18(15)9-2-3-10-11(8-9)17-6-1-5-16-10/h2-3,8H,1,4-7H2,(H,13,14). The van der Waals surface area contributed by atoms with Gasteiger partial charge in [0.05, 0.1) is 30.4 Å². The molecule has 0 saturated heterocycles. The molecule has 0 radical (unpaired) electrons. The van der Waals surface area contributed by atoms with Crippen LogP contribution in [-0.2, 0) is 15.6 Å². The van der Waals surface area contributed by atoms with E-state index in [1.54, 1.807) is 18.2 Å². The highest BCUT2D eigenvalue weighted by Crippen LogP contribution is 2.31. The molecule has 1 aromatic rings. The summed E-state index contributed by atoms with van der Waals surface area (Å²) in [6.07, 6.45) is 0.702. The molecule has 0 fully saturated rings. The fraction of sp³-hybridized carbons (Fsp3) is 0.417. The van der Waals surface area contributed by atoms with Crippen molar-refractivity contribution in [2.75, 3.05) is 19.0 Å². The highest BCUT2D eigenvalue weighted by atomic mass is 32.2. The lowest BCUT2D eigenvalue weighted by atomic mass is 10.3. The zero-order valence-corrected chi connectivity index (χ0v) is 10.6. The second-order valence-corrected chi connectivity index (χ2v) is 5.42. The summed E-state index contributed by atoms with van der Waals surface area (Å²) in [7, 11) is -1.32. The summed E-state index contributed by atoms with van der Waals surface area (Å²) in [5.74, 6) is 0.382. The molecule has 1 N–H and O–H groups in total. The van der Waals surface area contributed by atoms with Gasteiger partial charge in [0.25, 0.3) is 0 Å². The van der Waals surface area contributed by atoms with Gasteiger partial charge in [-0.25, -0.2) is 0 Å². The maximum absolute atomic E-state index is 11.9. The van der Waals surface area contributed by atoms with Crippen molar-refractivity contribution < 1.29 is 23.6 Å². The van der Waals surface area contributed by atoms with Crippen LogP contribution in [-0.4, -0.2) is 34.3 Å². The Morgan fingerprint density at radius 2 is 2.00 bits per heavy atom. The molecule has 6 heteroatoms. The van der Waals surface area contributed by atoms with Crippen molar-refractivity contribution in [2.24, 2.45) is 0 Å².